The lowest BCUT2D eigenvalue weighted by Crippen LogP contribution is -2.35. The summed E-state index contributed by atoms with van der Waals surface area (Å²) in [5.74, 6) is 0.949. The van der Waals surface area contributed by atoms with Crippen molar-refractivity contribution in [2.45, 2.75) is 32.2 Å². The fourth-order valence-corrected chi connectivity index (χ4v) is 1.90. The van der Waals surface area contributed by atoms with Crippen molar-refractivity contribution in [3.8, 4) is 5.75 Å². The highest BCUT2D eigenvalue weighted by Gasteiger charge is 2.23. The van der Waals surface area contributed by atoms with Gasteiger partial charge in [0.05, 0.1) is 7.11 Å². The molecular weight excluding hydrogens is 174 g/mol. The highest BCUT2D eigenvalue weighted by Crippen LogP contribution is 2.32. The van der Waals surface area contributed by atoms with Crippen LogP contribution in [0.3, 0.4) is 0 Å². The molecule has 0 aromatic heterocycles. The lowest BCUT2D eigenvalue weighted by Gasteiger charge is -2.33. The van der Waals surface area contributed by atoms with E-state index in [0.717, 1.165) is 12.2 Å². The zero-order valence-corrected chi connectivity index (χ0v) is 9.05. The third kappa shape index (κ3) is 1.69. The first-order valence-electron chi connectivity index (χ1n) is 5.06. The molecule has 0 saturated carbocycles. The van der Waals surface area contributed by atoms with Gasteiger partial charge in [-0.3, -0.25) is 0 Å². The lowest BCUT2D eigenvalue weighted by atomic mass is 9.89. The molecule has 2 rings (SSSR count). The molecule has 0 unspecified atom stereocenters. The normalized spacial score (nSPS) is 18.2. The third-order valence-corrected chi connectivity index (χ3v) is 2.80. The van der Waals surface area contributed by atoms with Crippen molar-refractivity contribution in [3.63, 3.8) is 0 Å². The van der Waals surface area contributed by atoms with Crippen LogP contribution in [0.15, 0.2) is 18.2 Å². The van der Waals surface area contributed by atoms with Gasteiger partial charge >= 0.3 is 0 Å². The van der Waals surface area contributed by atoms with E-state index in [1.54, 1.807) is 7.11 Å². The lowest BCUT2D eigenvalue weighted by molar-refractivity contribution is 0.413. The maximum atomic E-state index is 5.20. The Hall–Kier alpha value is -1.18. The molecule has 1 aromatic carbocycles. The topological polar surface area (TPSA) is 21.3 Å². The Morgan fingerprint density at radius 2 is 2.14 bits per heavy atom. The van der Waals surface area contributed by atoms with E-state index < -0.39 is 0 Å². The molecular formula is C12H17NO. The number of ether oxygens (including phenoxy) is 1. The van der Waals surface area contributed by atoms with E-state index in [1.165, 1.54) is 17.7 Å². The molecule has 1 heterocycles. The van der Waals surface area contributed by atoms with Gasteiger partial charge in [0, 0.05) is 11.2 Å². The van der Waals surface area contributed by atoms with Crippen molar-refractivity contribution in [2.75, 3.05) is 12.4 Å². The average molecular weight is 191 g/mol. The molecule has 2 heteroatoms. The van der Waals surface area contributed by atoms with Crippen molar-refractivity contribution >= 4 is 5.69 Å². The van der Waals surface area contributed by atoms with E-state index in [4.69, 9.17) is 4.74 Å². The van der Waals surface area contributed by atoms with Crippen LogP contribution in [-0.4, -0.2) is 12.6 Å². The van der Waals surface area contributed by atoms with Gasteiger partial charge in [-0.1, -0.05) is 0 Å². The Morgan fingerprint density at radius 1 is 1.36 bits per heavy atom. The van der Waals surface area contributed by atoms with Crippen LogP contribution in [0.5, 0.6) is 5.75 Å². The van der Waals surface area contributed by atoms with Crippen LogP contribution < -0.4 is 10.1 Å². The first kappa shape index (κ1) is 9.38. The van der Waals surface area contributed by atoms with Crippen LogP contribution in [0, 0.1) is 0 Å². The minimum Gasteiger partial charge on any atom is -0.497 e. The quantitative estimate of drug-likeness (QED) is 0.737. The minimum atomic E-state index is 0.224. The summed E-state index contributed by atoms with van der Waals surface area (Å²) < 4.78 is 5.20. The first-order chi connectivity index (χ1) is 6.61. The van der Waals surface area contributed by atoms with Crippen molar-refractivity contribution < 1.29 is 4.74 Å². The van der Waals surface area contributed by atoms with E-state index in [0.29, 0.717) is 0 Å². The Kier molecular flexibility index (Phi) is 2.14. The van der Waals surface area contributed by atoms with Crippen LogP contribution in [0.25, 0.3) is 0 Å². The molecule has 76 valence electrons. The summed E-state index contributed by atoms with van der Waals surface area (Å²) in [5.41, 5.74) is 2.84. The first-order valence-corrected chi connectivity index (χ1v) is 5.06. The fourth-order valence-electron chi connectivity index (χ4n) is 1.90. The number of methoxy groups -OCH3 is 1. The van der Waals surface area contributed by atoms with Crippen molar-refractivity contribution in [1.29, 1.82) is 0 Å². The van der Waals surface area contributed by atoms with Gasteiger partial charge in [0.2, 0.25) is 0 Å². The molecule has 1 aromatic rings. The van der Waals surface area contributed by atoms with Crippen LogP contribution in [-0.2, 0) is 6.42 Å². The van der Waals surface area contributed by atoms with Crippen molar-refractivity contribution in [1.82, 2.24) is 0 Å². The van der Waals surface area contributed by atoms with E-state index in [-0.39, 0.29) is 5.54 Å². The average Bonchev–Trinajstić information content (AvgIpc) is 2.16. The highest BCUT2D eigenvalue weighted by molar-refractivity contribution is 5.57. The largest absolute Gasteiger partial charge is 0.497 e. The monoisotopic (exact) mass is 191 g/mol. The predicted octanol–water partition coefficient (Wildman–Crippen LogP) is 2.83. The Balaban J connectivity index is 2.32. The maximum absolute atomic E-state index is 5.20. The molecule has 1 N–H and O–H groups in total. The number of rotatable bonds is 1. The van der Waals surface area contributed by atoms with Crippen LogP contribution >= 0.6 is 0 Å². The second-order valence-corrected chi connectivity index (χ2v) is 4.53. The van der Waals surface area contributed by atoms with Crippen LogP contribution in [0.2, 0.25) is 0 Å². The summed E-state index contributed by atoms with van der Waals surface area (Å²) in [6, 6.07) is 6.24. The van der Waals surface area contributed by atoms with Gasteiger partial charge < -0.3 is 10.1 Å². The summed E-state index contributed by atoms with van der Waals surface area (Å²) in [4.78, 5) is 0. The van der Waals surface area contributed by atoms with Gasteiger partial charge in [-0.15, -0.1) is 0 Å². The fraction of sp³-hybridized carbons (Fsp3) is 0.500. The van der Waals surface area contributed by atoms with Gasteiger partial charge in [0.15, 0.2) is 0 Å². The molecule has 2 nitrogen and oxygen atoms in total. The Bertz CT molecular complexity index is 344. The van der Waals surface area contributed by atoms with E-state index in [1.807, 2.05) is 6.07 Å². The van der Waals surface area contributed by atoms with Gasteiger partial charge in [0.25, 0.3) is 0 Å². The molecule has 1 aliphatic rings. The molecule has 0 bridgehead atoms. The molecule has 0 amide bonds. The summed E-state index contributed by atoms with van der Waals surface area (Å²) in [5, 5.41) is 3.53. The van der Waals surface area contributed by atoms with Crippen LogP contribution in [0.4, 0.5) is 5.69 Å². The summed E-state index contributed by atoms with van der Waals surface area (Å²) in [6.07, 6.45) is 2.31. The third-order valence-electron chi connectivity index (χ3n) is 2.80. The number of nitrogens with one attached hydrogen (secondary N) is 1. The molecule has 0 atom stereocenters. The number of aryl methyl sites for hydroxylation is 1. The van der Waals surface area contributed by atoms with Crippen LogP contribution in [0.1, 0.15) is 25.8 Å². The standard InChI is InChI=1S/C12H17NO/c1-12(2)7-6-9-8-10(14-3)4-5-11(9)13-12/h4-5,8,13H,6-7H2,1-3H3. The van der Waals surface area contributed by atoms with E-state index >= 15 is 0 Å². The number of benzene rings is 1. The molecule has 0 saturated heterocycles. The molecule has 0 aliphatic carbocycles. The maximum Gasteiger partial charge on any atom is 0.119 e. The Morgan fingerprint density at radius 3 is 2.86 bits per heavy atom. The van der Waals surface area contributed by atoms with Crippen molar-refractivity contribution in [2.24, 2.45) is 0 Å². The number of hydrogen-bond acceptors (Lipinski definition) is 2. The smallest absolute Gasteiger partial charge is 0.119 e. The second-order valence-electron chi connectivity index (χ2n) is 4.53. The summed E-state index contributed by atoms with van der Waals surface area (Å²) >= 11 is 0. The SMILES string of the molecule is COc1ccc2c(c1)CCC(C)(C)N2. The van der Waals surface area contributed by atoms with Gasteiger partial charge in [0.1, 0.15) is 5.75 Å². The molecule has 0 fully saturated rings. The zero-order chi connectivity index (χ0) is 10.2. The summed E-state index contributed by atoms with van der Waals surface area (Å²) in [7, 11) is 1.71. The van der Waals surface area contributed by atoms with Gasteiger partial charge in [-0.05, 0) is 50.5 Å². The minimum absolute atomic E-state index is 0.224. The number of anilines is 1. The van der Waals surface area contributed by atoms with E-state index in [2.05, 4.69) is 31.3 Å². The predicted molar refractivity (Wildman–Crippen MR) is 59.0 cm³/mol. The van der Waals surface area contributed by atoms with Crippen molar-refractivity contribution in [3.05, 3.63) is 23.8 Å². The highest BCUT2D eigenvalue weighted by atomic mass is 16.5. The number of fused-ring (bicyclic) bond motifs is 1. The van der Waals surface area contributed by atoms with Gasteiger partial charge in [-0.2, -0.15) is 0 Å². The molecule has 1 aliphatic heterocycles. The van der Waals surface area contributed by atoms with Gasteiger partial charge in [-0.25, -0.2) is 0 Å². The molecule has 14 heavy (non-hydrogen) atoms. The van der Waals surface area contributed by atoms with E-state index in [9.17, 15) is 0 Å². The molecule has 0 radical (unpaired) electrons. The molecule has 0 spiro atoms. The Labute approximate surface area is 85.3 Å². The number of hydrogen-bond donors (Lipinski definition) is 1. The summed E-state index contributed by atoms with van der Waals surface area (Å²) in [6.45, 7) is 4.47. The zero-order valence-electron chi connectivity index (χ0n) is 9.05. The second kappa shape index (κ2) is 3.19.